The number of furan rings is 1. The van der Waals surface area contributed by atoms with Gasteiger partial charge in [0.1, 0.15) is 11.6 Å². The first-order valence-corrected chi connectivity index (χ1v) is 10.6. The first kappa shape index (κ1) is 21.7. The Morgan fingerprint density at radius 1 is 1.06 bits per heavy atom. The zero-order chi connectivity index (χ0) is 22.7. The number of amides is 1. The number of rotatable bonds is 6. The highest BCUT2D eigenvalue weighted by molar-refractivity contribution is 5.92. The molecule has 0 N–H and O–H groups in total. The number of hydrogen-bond acceptors (Lipinski definition) is 5. The summed E-state index contributed by atoms with van der Waals surface area (Å²) in [5, 5.41) is 0. The minimum atomic E-state index is -0.512. The standard InChI is InChI=1S/C24H26FN3O4/c1-17-14-22(18(2)28(17)15-21-4-3-13-31-21)24(30)32-16-23(29)27-11-9-26(10-12-27)20-7-5-19(25)6-8-20/h3-8,13-14H,9-12,15-16H2,1-2H3. The summed E-state index contributed by atoms with van der Waals surface area (Å²) in [4.78, 5) is 29.0. The van der Waals surface area contributed by atoms with Crippen molar-refractivity contribution in [2.24, 2.45) is 0 Å². The van der Waals surface area contributed by atoms with Crippen LogP contribution in [0.3, 0.4) is 0 Å². The number of esters is 1. The normalized spacial score (nSPS) is 14.0. The molecule has 0 bridgehead atoms. The van der Waals surface area contributed by atoms with E-state index in [9.17, 15) is 14.0 Å². The SMILES string of the molecule is Cc1cc(C(=O)OCC(=O)N2CCN(c3ccc(F)cc3)CC2)c(C)n1Cc1ccco1. The maximum absolute atomic E-state index is 13.1. The van der Waals surface area contributed by atoms with Crippen LogP contribution in [0.4, 0.5) is 10.1 Å². The van der Waals surface area contributed by atoms with Crippen molar-refractivity contribution in [3.05, 3.63) is 77.3 Å². The topological polar surface area (TPSA) is 67.9 Å². The van der Waals surface area contributed by atoms with Crippen molar-refractivity contribution in [3.63, 3.8) is 0 Å². The third kappa shape index (κ3) is 4.69. The lowest BCUT2D eigenvalue weighted by molar-refractivity contribution is -0.134. The second kappa shape index (κ2) is 9.30. The van der Waals surface area contributed by atoms with Crippen molar-refractivity contribution in [1.29, 1.82) is 0 Å². The minimum Gasteiger partial charge on any atom is -0.467 e. The summed E-state index contributed by atoms with van der Waals surface area (Å²) in [5.41, 5.74) is 3.05. The van der Waals surface area contributed by atoms with Crippen LogP contribution < -0.4 is 4.90 Å². The smallest absolute Gasteiger partial charge is 0.340 e. The van der Waals surface area contributed by atoms with Crippen molar-refractivity contribution in [3.8, 4) is 0 Å². The van der Waals surface area contributed by atoms with E-state index in [-0.39, 0.29) is 18.3 Å². The number of anilines is 1. The van der Waals surface area contributed by atoms with E-state index in [0.29, 0.717) is 38.3 Å². The average Bonchev–Trinajstić information content (AvgIpc) is 3.42. The molecule has 0 saturated carbocycles. The second-order valence-corrected chi connectivity index (χ2v) is 7.87. The lowest BCUT2D eigenvalue weighted by Crippen LogP contribution is -2.49. The lowest BCUT2D eigenvalue weighted by atomic mass is 10.2. The summed E-state index contributed by atoms with van der Waals surface area (Å²) in [6.45, 7) is 6.31. The number of carbonyl (C=O) groups excluding carboxylic acids is 2. The summed E-state index contributed by atoms with van der Waals surface area (Å²) in [6.07, 6.45) is 1.61. The summed E-state index contributed by atoms with van der Waals surface area (Å²) in [5.74, 6) is -0.212. The molecule has 32 heavy (non-hydrogen) atoms. The first-order valence-electron chi connectivity index (χ1n) is 10.6. The quantitative estimate of drug-likeness (QED) is 0.551. The number of benzene rings is 1. The number of piperazine rings is 1. The van der Waals surface area contributed by atoms with E-state index in [1.807, 2.05) is 30.5 Å². The Hall–Kier alpha value is -3.55. The maximum Gasteiger partial charge on any atom is 0.340 e. The zero-order valence-electron chi connectivity index (χ0n) is 18.2. The van der Waals surface area contributed by atoms with Crippen LogP contribution in [-0.4, -0.2) is 54.1 Å². The monoisotopic (exact) mass is 439 g/mol. The highest BCUT2D eigenvalue weighted by Gasteiger charge is 2.24. The van der Waals surface area contributed by atoms with Crippen molar-refractivity contribution in [2.45, 2.75) is 20.4 Å². The molecule has 0 aliphatic carbocycles. The number of carbonyl (C=O) groups is 2. The zero-order valence-corrected chi connectivity index (χ0v) is 18.2. The Kier molecular flexibility index (Phi) is 6.30. The van der Waals surface area contributed by atoms with Crippen molar-refractivity contribution < 1.29 is 23.1 Å². The molecule has 1 aromatic carbocycles. The van der Waals surface area contributed by atoms with Gasteiger partial charge in [-0.1, -0.05) is 0 Å². The molecular weight excluding hydrogens is 413 g/mol. The summed E-state index contributed by atoms with van der Waals surface area (Å²) >= 11 is 0. The highest BCUT2D eigenvalue weighted by atomic mass is 19.1. The first-order chi connectivity index (χ1) is 15.4. The van der Waals surface area contributed by atoms with Gasteiger partial charge in [0.2, 0.25) is 0 Å². The van der Waals surface area contributed by atoms with Gasteiger partial charge in [-0.15, -0.1) is 0 Å². The molecule has 4 rings (SSSR count). The molecule has 1 aliphatic rings. The number of ether oxygens (including phenoxy) is 1. The fourth-order valence-corrected chi connectivity index (χ4v) is 3.97. The summed E-state index contributed by atoms with van der Waals surface area (Å²) in [7, 11) is 0. The van der Waals surface area contributed by atoms with Gasteiger partial charge >= 0.3 is 5.97 Å². The molecule has 2 aromatic heterocycles. The van der Waals surface area contributed by atoms with Crippen LogP contribution in [0.5, 0.6) is 0 Å². The Bertz CT molecular complexity index is 1080. The fraction of sp³-hybridized carbons (Fsp3) is 0.333. The van der Waals surface area contributed by atoms with Gasteiger partial charge < -0.3 is 23.5 Å². The van der Waals surface area contributed by atoms with E-state index < -0.39 is 5.97 Å². The van der Waals surface area contributed by atoms with Gasteiger partial charge in [0.05, 0.1) is 18.4 Å². The van der Waals surface area contributed by atoms with Gasteiger partial charge in [0, 0.05) is 43.3 Å². The third-order valence-corrected chi connectivity index (χ3v) is 5.84. The van der Waals surface area contributed by atoms with Crippen LogP contribution in [-0.2, 0) is 16.1 Å². The number of hydrogen-bond donors (Lipinski definition) is 0. The van der Waals surface area contributed by atoms with E-state index in [0.717, 1.165) is 22.8 Å². The van der Waals surface area contributed by atoms with E-state index in [1.54, 1.807) is 29.4 Å². The van der Waals surface area contributed by atoms with Gasteiger partial charge in [0.15, 0.2) is 6.61 Å². The van der Waals surface area contributed by atoms with E-state index >= 15 is 0 Å². The Labute approximate surface area is 186 Å². The van der Waals surface area contributed by atoms with Crippen LogP contribution in [0.25, 0.3) is 0 Å². The Morgan fingerprint density at radius 3 is 2.44 bits per heavy atom. The Balaban J connectivity index is 1.30. The maximum atomic E-state index is 13.1. The molecule has 0 spiro atoms. The van der Waals surface area contributed by atoms with Crippen LogP contribution >= 0.6 is 0 Å². The van der Waals surface area contributed by atoms with Gasteiger partial charge in [-0.05, 0) is 56.3 Å². The number of nitrogens with zero attached hydrogens (tertiary/aromatic N) is 3. The molecule has 0 radical (unpaired) electrons. The van der Waals surface area contributed by atoms with Crippen LogP contribution in [0, 0.1) is 19.7 Å². The predicted octanol–water partition coefficient (Wildman–Crippen LogP) is 3.39. The van der Waals surface area contributed by atoms with Crippen molar-refractivity contribution >= 4 is 17.6 Å². The van der Waals surface area contributed by atoms with Crippen molar-refractivity contribution in [2.75, 3.05) is 37.7 Å². The van der Waals surface area contributed by atoms with E-state index in [2.05, 4.69) is 4.90 Å². The van der Waals surface area contributed by atoms with Crippen LogP contribution in [0.1, 0.15) is 27.5 Å². The number of aromatic nitrogens is 1. The fourth-order valence-electron chi connectivity index (χ4n) is 3.97. The summed E-state index contributed by atoms with van der Waals surface area (Å²) in [6, 6.07) is 11.8. The highest BCUT2D eigenvalue weighted by Crippen LogP contribution is 2.19. The minimum absolute atomic E-state index is 0.221. The number of halogens is 1. The molecule has 3 aromatic rings. The molecule has 1 amide bonds. The molecule has 3 heterocycles. The molecule has 1 aliphatic heterocycles. The largest absolute Gasteiger partial charge is 0.467 e. The van der Waals surface area contributed by atoms with Gasteiger partial charge in [-0.25, -0.2) is 9.18 Å². The van der Waals surface area contributed by atoms with E-state index in [4.69, 9.17) is 9.15 Å². The molecule has 1 fully saturated rings. The lowest BCUT2D eigenvalue weighted by Gasteiger charge is -2.36. The Morgan fingerprint density at radius 2 is 1.78 bits per heavy atom. The molecule has 0 unspecified atom stereocenters. The van der Waals surface area contributed by atoms with Crippen LogP contribution in [0.2, 0.25) is 0 Å². The number of aryl methyl sites for hydroxylation is 1. The summed E-state index contributed by atoms with van der Waals surface area (Å²) < 4.78 is 25.8. The average molecular weight is 439 g/mol. The molecule has 0 atom stereocenters. The molecule has 168 valence electrons. The van der Waals surface area contributed by atoms with Gasteiger partial charge in [-0.3, -0.25) is 4.79 Å². The molecular formula is C24H26FN3O4. The van der Waals surface area contributed by atoms with Gasteiger partial charge in [0.25, 0.3) is 5.91 Å². The molecule has 7 nitrogen and oxygen atoms in total. The molecule has 1 saturated heterocycles. The van der Waals surface area contributed by atoms with Gasteiger partial charge in [-0.2, -0.15) is 0 Å². The van der Waals surface area contributed by atoms with E-state index in [1.165, 1.54) is 12.1 Å². The third-order valence-electron chi connectivity index (χ3n) is 5.84. The predicted molar refractivity (Wildman–Crippen MR) is 117 cm³/mol. The molecule has 8 heteroatoms. The van der Waals surface area contributed by atoms with Crippen LogP contribution in [0.15, 0.2) is 53.1 Å². The second-order valence-electron chi connectivity index (χ2n) is 7.87. The van der Waals surface area contributed by atoms with Crippen molar-refractivity contribution in [1.82, 2.24) is 9.47 Å².